The molecule has 0 fully saturated rings. The summed E-state index contributed by atoms with van der Waals surface area (Å²) in [4.78, 5) is 7.84. The maximum Gasteiger partial charge on any atom is 0.129 e. The van der Waals surface area contributed by atoms with Crippen molar-refractivity contribution in [1.82, 2.24) is 9.97 Å². The third-order valence-corrected chi connectivity index (χ3v) is 2.62. The van der Waals surface area contributed by atoms with Crippen molar-refractivity contribution >= 4 is 0 Å². The number of aliphatic hydroxyl groups is 1. The first-order valence-electron chi connectivity index (χ1n) is 5.30. The van der Waals surface area contributed by atoms with Gasteiger partial charge in [-0.15, -0.1) is 0 Å². The van der Waals surface area contributed by atoms with Gasteiger partial charge in [0, 0.05) is 18.0 Å². The number of aliphatic hydroxyl groups excluding tert-OH is 1. The molecule has 0 radical (unpaired) electrons. The van der Waals surface area contributed by atoms with Crippen LogP contribution >= 0.6 is 0 Å². The summed E-state index contributed by atoms with van der Waals surface area (Å²) in [6.07, 6.45) is 3.34. The molecule has 0 bridgehead atoms. The Kier molecular flexibility index (Phi) is 3.15. The normalized spacial score (nSPS) is 12.5. The Labute approximate surface area is 99.0 Å². The number of rotatable bonds is 2. The van der Waals surface area contributed by atoms with Crippen LogP contribution in [-0.2, 0) is 0 Å². The summed E-state index contributed by atoms with van der Waals surface area (Å²) in [5.41, 5.74) is 2.14. The fourth-order valence-electron chi connectivity index (χ4n) is 1.87. The minimum Gasteiger partial charge on any atom is -0.382 e. The Morgan fingerprint density at radius 3 is 2.59 bits per heavy atom. The first kappa shape index (κ1) is 11.7. The largest absolute Gasteiger partial charge is 0.382 e. The van der Waals surface area contributed by atoms with Crippen LogP contribution in [-0.4, -0.2) is 15.1 Å². The molecule has 1 unspecified atom stereocenters. The van der Waals surface area contributed by atoms with E-state index in [2.05, 4.69) is 9.97 Å². The van der Waals surface area contributed by atoms with Gasteiger partial charge >= 0.3 is 0 Å². The molecule has 0 aliphatic carbocycles. The lowest BCUT2D eigenvalue weighted by Crippen LogP contribution is -2.07. The van der Waals surface area contributed by atoms with Gasteiger partial charge in [0.05, 0.1) is 11.9 Å². The number of hydrogen-bond donors (Lipinski definition) is 1. The molecule has 1 N–H and O–H groups in total. The van der Waals surface area contributed by atoms with Crippen molar-refractivity contribution in [3.8, 4) is 0 Å². The average molecular weight is 232 g/mol. The van der Waals surface area contributed by atoms with E-state index >= 15 is 0 Å². The summed E-state index contributed by atoms with van der Waals surface area (Å²) in [6, 6.07) is 3.24. The molecule has 88 valence electrons. The van der Waals surface area contributed by atoms with E-state index in [0.717, 1.165) is 5.56 Å². The van der Waals surface area contributed by atoms with Gasteiger partial charge in [-0.2, -0.15) is 0 Å². The van der Waals surface area contributed by atoms with Gasteiger partial charge in [0.25, 0.3) is 0 Å². The number of hydrogen-bond acceptors (Lipinski definition) is 3. The van der Waals surface area contributed by atoms with E-state index in [1.54, 1.807) is 6.92 Å². The van der Waals surface area contributed by atoms with Crippen molar-refractivity contribution in [1.29, 1.82) is 0 Å². The summed E-state index contributed by atoms with van der Waals surface area (Å²) < 4.78 is 13.8. The second-order valence-corrected chi connectivity index (χ2v) is 4.01. The van der Waals surface area contributed by atoms with E-state index in [0.29, 0.717) is 11.3 Å². The van der Waals surface area contributed by atoms with Gasteiger partial charge in [0.15, 0.2) is 0 Å². The van der Waals surface area contributed by atoms with Crippen LogP contribution in [0.3, 0.4) is 0 Å². The SMILES string of the molecule is Cc1cc(C)c(C(O)c2cnccn2)c(F)c1. The minimum atomic E-state index is -1.08. The van der Waals surface area contributed by atoms with E-state index in [9.17, 15) is 9.50 Å². The lowest BCUT2D eigenvalue weighted by Gasteiger charge is -2.14. The molecular formula is C13H13FN2O. The average Bonchev–Trinajstić information content (AvgIpc) is 2.28. The molecule has 0 spiro atoms. The molecule has 0 aliphatic heterocycles. The number of halogens is 1. The van der Waals surface area contributed by atoms with Crippen LogP contribution in [0.5, 0.6) is 0 Å². The van der Waals surface area contributed by atoms with Gasteiger partial charge in [-0.05, 0) is 31.0 Å². The van der Waals surface area contributed by atoms with E-state index in [1.165, 1.54) is 24.7 Å². The highest BCUT2D eigenvalue weighted by Crippen LogP contribution is 2.26. The molecular weight excluding hydrogens is 219 g/mol. The van der Waals surface area contributed by atoms with Gasteiger partial charge in [-0.25, -0.2) is 4.39 Å². The third-order valence-electron chi connectivity index (χ3n) is 2.62. The quantitative estimate of drug-likeness (QED) is 0.864. The van der Waals surface area contributed by atoms with Crippen molar-refractivity contribution in [3.05, 3.63) is 58.9 Å². The third kappa shape index (κ3) is 2.31. The predicted molar refractivity (Wildman–Crippen MR) is 62.0 cm³/mol. The van der Waals surface area contributed by atoms with Gasteiger partial charge in [0.1, 0.15) is 11.9 Å². The summed E-state index contributed by atoms with van der Waals surface area (Å²) in [7, 11) is 0. The fourth-order valence-corrected chi connectivity index (χ4v) is 1.87. The first-order valence-corrected chi connectivity index (χ1v) is 5.30. The monoisotopic (exact) mass is 232 g/mol. The second-order valence-electron chi connectivity index (χ2n) is 4.01. The Bertz CT molecular complexity index is 505. The Morgan fingerprint density at radius 2 is 2.00 bits per heavy atom. The summed E-state index contributed by atoms with van der Waals surface area (Å²) in [6.45, 7) is 3.58. The molecule has 1 aromatic heterocycles. The second kappa shape index (κ2) is 4.59. The molecule has 1 atom stereocenters. The van der Waals surface area contributed by atoms with Gasteiger partial charge in [0.2, 0.25) is 0 Å². The highest BCUT2D eigenvalue weighted by Gasteiger charge is 2.19. The number of aryl methyl sites for hydroxylation is 2. The highest BCUT2D eigenvalue weighted by atomic mass is 19.1. The number of nitrogens with zero attached hydrogens (tertiary/aromatic N) is 2. The topological polar surface area (TPSA) is 46.0 Å². The zero-order valence-corrected chi connectivity index (χ0v) is 9.68. The van der Waals surface area contributed by atoms with E-state index < -0.39 is 11.9 Å². The Morgan fingerprint density at radius 1 is 1.24 bits per heavy atom. The van der Waals surface area contributed by atoms with E-state index in [4.69, 9.17) is 0 Å². The van der Waals surface area contributed by atoms with Crippen LogP contribution in [0.2, 0.25) is 0 Å². The Balaban J connectivity index is 2.48. The van der Waals surface area contributed by atoms with Crippen LogP contribution in [0.15, 0.2) is 30.7 Å². The van der Waals surface area contributed by atoms with Gasteiger partial charge < -0.3 is 5.11 Å². The molecule has 4 heteroatoms. The molecule has 1 aromatic carbocycles. The summed E-state index contributed by atoms with van der Waals surface area (Å²) in [5, 5.41) is 10.1. The Hall–Kier alpha value is -1.81. The van der Waals surface area contributed by atoms with Crippen molar-refractivity contribution in [2.24, 2.45) is 0 Å². The van der Waals surface area contributed by atoms with Crippen LogP contribution in [0.4, 0.5) is 4.39 Å². The number of benzene rings is 1. The van der Waals surface area contributed by atoms with Crippen molar-refractivity contribution in [3.63, 3.8) is 0 Å². The molecule has 2 rings (SSSR count). The molecule has 1 heterocycles. The van der Waals surface area contributed by atoms with E-state index in [-0.39, 0.29) is 5.56 Å². The van der Waals surface area contributed by atoms with Crippen LogP contribution < -0.4 is 0 Å². The fraction of sp³-hybridized carbons (Fsp3) is 0.231. The minimum absolute atomic E-state index is 0.260. The molecule has 0 amide bonds. The molecule has 0 aliphatic rings. The van der Waals surface area contributed by atoms with Gasteiger partial charge in [-0.3, -0.25) is 9.97 Å². The van der Waals surface area contributed by atoms with Crippen LogP contribution in [0.1, 0.15) is 28.5 Å². The molecule has 0 saturated carbocycles. The van der Waals surface area contributed by atoms with Crippen LogP contribution in [0.25, 0.3) is 0 Å². The zero-order valence-electron chi connectivity index (χ0n) is 9.68. The zero-order chi connectivity index (χ0) is 12.4. The van der Waals surface area contributed by atoms with Crippen molar-refractivity contribution < 1.29 is 9.50 Å². The molecule has 17 heavy (non-hydrogen) atoms. The molecule has 0 saturated heterocycles. The lowest BCUT2D eigenvalue weighted by molar-refractivity contribution is 0.208. The maximum absolute atomic E-state index is 13.8. The molecule has 3 nitrogen and oxygen atoms in total. The smallest absolute Gasteiger partial charge is 0.129 e. The standard InChI is InChI=1S/C13H13FN2O/c1-8-5-9(2)12(10(14)6-8)13(17)11-7-15-3-4-16-11/h3-7,13,17H,1-2H3. The predicted octanol–water partition coefficient (Wildman–Crippen LogP) is 2.31. The summed E-state index contributed by atoms with van der Waals surface area (Å²) >= 11 is 0. The maximum atomic E-state index is 13.8. The first-order chi connectivity index (χ1) is 8.09. The molecule has 2 aromatic rings. The van der Waals surface area contributed by atoms with E-state index in [1.807, 2.05) is 13.0 Å². The van der Waals surface area contributed by atoms with Crippen LogP contribution in [0, 0.1) is 19.7 Å². The number of aromatic nitrogens is 2. The summed E-state index contributed by atoms with van der Waals surface area (Å²) in [5.74, 6) is -0.416. The van der Waals surface area contributed by atoms with Gasteiger partial charge in [-0.1, -0.05) is 6.07 Å². The lowest BCUT2D eigenvalue weighted by atomic mass is 9.98. The van der Waals surface area contributed by atoms with Crippen molar-refractivity contribution in [2.75, 3.05) is 0 Å². The highest BCUT2D eigenvalue weighted by molar-refractivity contribution is 5.36. The van der Waals surface area contributed by atoms with Crippen molar-refractivity contribution in [2.45, 2.75) is 20.0 Å².